The Balaban J connectivity index is 1.99. The number of rotatable bonds is 4. The van der Waals surface area contributed by atoms with Gasteiger partial charge in [0.05, 0.1) is 11.4 Å². The second-order valence-electron chi connectivity index (χ2n) is 5.07. The number of hydrogen-bond donors (Lipinski definition) is 2. The van der Waals surface area contributed by atoms with Crippen molar-refractivity contribution in [3.63, 3.8) is 0 Å². The molecule has 0 aliphatic rings. The maximum absolute atomic E-state index is 12.5. The zero-order chi connectivity index (χ0) is 18.1. The maximum Gasteiger partial charge on any atom is 0.352 e. The zero-order valence-electron chi connectivity index (χ0n) is 13.1. The van der Waals surface area contributed by atoms with Crippen molar-refractivity contribution < 1.29 is 13.6 Å². The van der Waals surface area contributed by atoms with E-state index in [0.717, 1.165) is 9.08 Å². The standard InChI is InChI=1S/C13H13N7O4S/c1-7-4-3-5-8(9(7)17-25(23)24)15-12(21)10-11-16-18-19(2)13(22)20(11)6-14-10/h3-6,17H,1-2H3,(H,15,21)(H,23,24)/p-1. The van der Waals surface area contributed by atoms with E-state index in [1.165, 1.54) is 19.4 Å². The highest BCUT2D eigenvalue weighted by molar-refractivity contribution is 7.80. The molecule has 0 aliphatic heterocycles. The molecule has 11 nitrogen and oxygen atoms in total. The van der Waals surface area contributed by atoms with Gasteiger partial charge in [-0.25, -0.2) is 14.2 Å². The number of carbonyl (C=O) groups is 1. The molecule has 0 spiro atoms. The summed E-state index contributed by atoms with van der Waals surface area (Å²) in [6, 6.07) is 4.87. The van der Waals surface area contributed by atoms with Crippen molar-refractivity contribution in [2.75, 3.05) is 10.0 Å². The van der Waals surface area contributed by atoms with Gasteiger partial charge in [-0.1, -0.05) is 17.3 Å². The molecule has 25 heavy (non-hydrogen) atoms. The van der Waals surface area contributed by atoms with Crippen LogP contribution in [0.3, 0.4) is 0 Å². The summed E-state index contributed by atoms with van der Waals surface area (Å²) >= 11 is -2.55. The fourth-order valence-electron chi connectivity index (χ4n) is 2.21. The first-order valence-electron chi connectivity index (χ1n) is 6.92. The van der Waals surface area contributed by atoms with Gasteiger partial charge in [-0.3, -0.25) is 9.00 Å². The first kappa shape index (κ1) is 16.7. The van der Waals surface area contributed by atoms with Crippen LogP contribution < -0.4 is 15.7 Å². The predicted molar refractivity (Wildman–Crippen MR) is 87.7 cm³/mol. The van der Waals surface area contributed by atoms with Gasteiger partial charge in [-0.2, -0.15) is 4.68 Å². The van der Waals surface area contributed by atoms with Crippen LogP contribution in [0.2, 0.25) is 0 Å². The number of aromatic nitrogens is 5. The number of benzene rings is 1. The molecule has 0 saturated carbocycles. The molecule has 12 heteroatoms. The highest BCUT2D eigenvalue weighted by Crippen LogP contribution is 2.26. The fraction of sp³-hybridized carbons (Fsp3) is 0.154. The van der Waals surface area contributed by atoms with E-state index in [2.05, 4.69) is 25.3 Å². The first-order chi connectivity index (χ1) is 11.9. The first-order valence-corrected chi connectivity index (χ1v) is 8.00. The number of aryl methyl sites for hydroxylation is 2. The molecule has 2 N–H and O–H groups in total. The fourth-order valence-corrected chi connectivity index (χ4v) is 2.65. The minimum absolute atomic E-state index is 0.00448. The van der Waals surface area contributed by atoms with Gasteiger partial charge in [0.2, 0.25) is 0 Å². The molecule has 0 bridgehead atoms. The van der Waals surface area contributed by atoms with E-state index < -0.39 is 22.9 Å². The molecule has 0 saturated heterocycles. The molecule has 2 aromatic heterocycles. The van der Waals surface area contributed by atoms with Crippen LogP contribution in [-0.4, -0.2) is 39.0 Å². The number of hydrogen-bond acceptors (Lipinski definition) is 7. The van der Waals surface area contributed by atoms with Crippen LogP contribution in [0.1, 0.15) is 16.1 Å². The Kier molecular flexibility index (Phi) is 4.29. The molecule has 0 radical (unpaired) electrons. The number of fused-ring (bicyclic) bond motifs is 1. The van der Waals surface area contributed by atoms with Gasteiger partial charge in [-0.05, 0) is 18.6 Å². The van der Waals surface area contributed by atoms with Crippen LogP contribution >= 0.6 is 0 Å². The summed E-state index contributed by atoms with van der Waals surface area (Å²) in [5.74, 6) is -0.657. The lowest BCUT2D eigenvalue weighted by atomic mass is 10.1. The van der Waals surface area contributed by atoms with E-state index in [-0.39, 0.29) is 22.7 Å². The number of nitrogens with one attached hydrogen (secondary N) is 2. The van der Waals surface area contributed by atoms with Crippen LogP contribution in [0.15, 0.2) is 29.3 Å². The zero-order valence-corrected chi connectivity index (χ0v) is 13.9. The van der Waals surface area contributed by atoms with Gasteiger partial charge in [-0.15, -0.1) is 5.10 Å². The van der Waals surface area contributed by atoms with Crippen LogP contribution in [0.4, 0.5) is 11.4 Å². The third kappa shape index (κ3) is 3.12. The summed E-state index contributed by atoms with van der Waals surface area (Å²) in [6.07, 6.45) is 1.17. The summed E-state index contributed by atoms with van der Waals surface area (Å²) in [7, 11) is 1.42. The largest absolute Gasteiger partial charge is 0.755 e. The smallest absolute Gasteiger partial charge is 0.352 e. The van der Waals surface area contributed by atoms with Crippen LogP contribution in [0.5, 0.6) is 0 Å². The number of carbonyl (C=O) groups excluding carboxylic acids is 1. The molecule has 1 amide bonds. The minimum atomic E-state index is -2.55. The van der Waals surface area contributed by atoms with E-state index in [4.69, 9.17) is 0 Å². The van der Waals surface area contributed by atoms with E-state index in [1.807, 2.05) is 0 Å². The Hall–Kier alpha value is -3.12. The molecule has 2 heterocycles. The molecular formula is C13H12N7O4S-. The summed E-state index contributed by atoms with van der Waals surface area (Å²) in [6.45, 7) is 1.69. The number of amides is 1. The van der Waals surface area contributed by atoms with Crippen LogP contribution in [-0.2, 0) is 18.3 Å². The molecular weight excluding hydrogens is 350 g/mol. The highest BCUT2D eigenvalue weighted by Gasteiger charge is 2.18. The van der Waals surface area contributed by atoms with E-state index in [1.54, 1.807) is 19.1 Å². The van der Waals surface area contributed by atoms with E-state index >= 15 is 0 Å². The quantitative estimate of drug-likeness (QED) is 0.600. The molecule has 1 unspecified atom stereocenters. The summed E-state index contributed by atoms with van der Waals surface area (Å²) in [4.78, 5) is 28.3. The van der Waals surface area contributed by atoms with Crippen molar-refractivity contribution in [1.29, 1.82) is 0 Å². The van der Waals surface area contributed by atoms with Gasteiger partial charge >= 0.3 is 5.69 Å². The van der Waals surface area contributed by atoms with Gasteiger partial charge in [0, 0.05) is 18.3 Å². The monoisotopic (exact) mass is 362 g/mol. The average Bonchev–Trinajstić information content (AvgIpc) is 2.99. The van der Waals surface area contributed by atoms with Crippen molar-refractivity contribution in [2.45, 2.75) is 6.92 Å². The average molecular weight is 362 g/mol. The predicted octanol–water partition coefficient (Wildman–Crippen LogP) is -0.410. The third-order valence-corrected chi connectivity index (χ3v) is 3.79. The van der Waals surface area contributed by atoms with E-state index in [0.29, 0.717) is 5.56 Å². The topological polar surface area (TPSA) is 146 Å². The Morgan fingerprint density at radius 1 is 1.36 bits per heavy atom. The molecule has 1 atom stereocenters. The van der Waals surface area contributed by atoms with Crippen LogP contribution in [0, 0.1) is 6.92 Å². The summed E-state index contributed by atoms with van der Waals surface area (Å²) in [5, 5.41) is 9.97. The molecule has 3 rings (SSSR count). The van der Waals surface area contributed by atoms with Crippen LogP contribution in [0.25, 0.3) is 5.65 Å². The summed E-state index contributed by atoms with van der Waals surface area (Å²) < 4.78 is 26.2. The number of imidazole rings is 1. The normalized spacial score (nSPS) is 12.1. The number of para-hydroxylation sites is 1. The maximum atomic E-state index is 12.5. The lowest BCUT2D eigenvalue weighted by Gasteiger charge is -2.16. The van der Waals surface area contributed by atoms with Crippen molar-refractivity contribution >= 4 is 34.2 Å². The van der Waals surface area contributed by atoms with Crippen molar-refractivity contribution in [1.82, 2.24) is 24.4 Å². The van der Waals surface area contributed by atoms with Crippen molar-refractivity contribution in [3.8, 4) is 0 Å². The molecule has 1 aromatic carbocycles. The lowest BCUT2D eigenvalue weighted by molar-refractivity contribution is 0.102. The van der Waals surface area contributed by atoms with Gasteiger partial charge in [0.15, 0.2) is 11.3 Å². The Morgan fingerprint density at radius 3 is 2.84 bits per heavy atom. The minimum Gasteiger partial charge on any atom is -0.755 e. The summed E-state index contributed by atoms with van der Waals surface area (Å²) in [5.41, 5.74) is 0.472. The second kappa shape index (κ2) is 6.41. The Bertz CT molecular complexity index is 1060. The van der Waals surface area contributed by atoms with Crippen molar-refractivity contribution in [2.24, 2.45) is 7.05 Å². The van der Waals surface area contributed by atoms with Gasteiger partial charge < -0.3 is 14.6 Å². The molecule has 3 aromatic rings. The number of nitrogens with zero attached hydrogens (tertiary/aromatic N) is 5. The lowest BCUT2D eigenvalue weighted by Crippen LogP contribution is -2.27. The molecule has 0 aliphatic carbocycles. The third-order valence-electron chi connectivity index (χ3n) is 3.42. The Labute approximate surface area is 143 Å². The van der Waals surface area contributed by atoms with Gasteiger partial charge in [0.25, 0.3) is 5.91 Å². The molecule has 130 valence electrons. The highest BCUT2D eigenvalue weighted by atomic mass is 32.2. The SMILES string of the molecule is Cc1cccc(NC(=O)c2ncn3c(=O)n(C)nnc23)c1NS(=O)[O-]. The van der Waals surface area contributed by atoms with E-state index in [9.17, 15) is 18.4 Å². The second-order valence-corrected chi connectivity index (χ2v) is 5.74. The molecule has 0 fully saturated rings. The Morgan fingerprint density at radius 2 is 2.12 bits per heavy atom. The number of anilines is 2. The van der Waals surface area contributed by atoms with Gasteiger partial charge in [0.1, 0.15) is 6.33 Å². The van der Waals surface area contributed by atoms with Crippen molar-refractivity contribution in [3.05, 3.63) is 46.3 Å².